The third-order valence-electron chi connectivity index (χ3n) is 4.34. The molecule has 0 saturated carbocycles. The number of aliphatic hydroxyl groups is 1. The zero-order chi connectivity index (χ0) is 22.7. The largest absolute Gasteiger partial charge is 0.480 e. The molecule has 0 radical (unpaired) electrons. The van der Waals surface area contributed by atoms with Gasteiger partial charge in [-0.3, -0.25) is 24.0 Å². The second kappa shape index (κ2) is 12.7. The van der Waals surface area contributed by atoms with Crippen molar-refractivity contribution in [1.29, 1.82) is 0 Å². The lowest BCUT2D eigenvalue weighted by Gasteiger charge is -2.27. The van der Waals surface area contributed by atoms with Crippen molar-refractivity contribution in [2.24, 2.45) is 17.4 Å². The van der Waals surface area contributed by atoms with Gasteiger partial charge in [0.2, 0.25) is 23.6 Å². The standard InChI is InChI=1S/C17H31N5O7/c1-4-8(2)14(22-16(28)13(19)9(3)23)17(29)21-10(5-6-11(18)24)15(27)20-7-12(25)26/h8-10,13-14,23H,4-7,19H2,1-3H3,(H2,18,24)(H,20,27)(H,21,29)(H,22,28)(H,25,26). The molecule has 12 heteroatoms. The van der Waals surface area contributed by atoms with Crippen LogP contribution in [-0.4, -0.2) is 70.6 Å². The molecule has 166 valence electrons. The van der Waals surface area contributed by atoms with Crippen LogP contribution in [0.15, 0.2) is 0 Å². The molecule has 5 atom stereocenters. The molecule has 0 bridgehead atoms. The molecule has 0 aliphatic heterocycles. The van der Waals surface area contributed by atoms with Gasteiger partial charge in [0.15, 0.2) is 0 Å². The van der Waals surface area contributed by atoms with Crippen LogP contribution in [0.25, 0.3) is 0 Å². The molecule has 0 rings (SSSR count). The predicted molar refractivity (Wildman–Crippen MR) is 102 cm³/mol. The molecular formula is C17H31N5O7. The van der Waals surface area contributed by atoms with Crippen LogP contribution in [0.5, 0.6) is 0 Å². The van der Waals surface area contributed by atoms with E-state index in [2.05, 4.69) is 16.0 Å². The van der Waals surface area contributed by atoms with E-state index in [-0.39, 0.29) is 18.8 Å². The van der Waals surface area contributed by atoms with Crippen LogP contribution in [0.4, 0.5) is 0 Å². The smallest absolute Gasteiger partial charge is 0.322 e. The molecule has 0 fully saturated rings. The molecule has 0 aromatic rings. The Morgan fingerprint density at radius 2 is 1.59 bits per heavy atom. The van der Waals surface area contributed by atoms with E-state index in [4.69, 9.17) is 16.6 Å². The van der Waals surface area contributed by atoms with E-state index in [0.29, 0.717) is 6.42 Å². The summed E-state index contributed by atoms with van der Waals surface area (Å²) in [4.78, 5) is 58.7. The van der Waals surface area contributed by atoms with E-state index in [9.17, 15) is 29.1 Å². The summed E-state index contributed by atoms with van der Waals surface area (Å²) in [5, 5.41) is 25.1. The third kappa shape index (κ3) is 9.85. The molecule has 12 nitrogen and oxygen atoms in total. The molecule has 0 aliphatic rings. The third-order valence-corrected chi connectivity index (χ3v) is 4.34. The summed E-state index contributed by atoms with van der Waals surface area (Å²) >= 11 is 0. The van der Waals surface area contributed by atoms with Crippen molar-refractivity contribution in [1.82, 2.24) is 16.0 Å². The number of hydrogen-bond donors (Lipinski definition) is 7. The summed E-state index contributed by atoms with van der Waals surface area (Å²) in [5.74, 6) is -4.61. The maximum atomic E-state index is 12.7. The summed E-state index contributed by atoms with van der Waals surface area (Å²) in [6.45, 7) is 4.14. The van der Waals surface area contributed by atoms with Crippen LogP contribution < -0.4 is 27.4 Å². The monoisotopic (exact) mass is 417 g/mol. The Hall–Kier alpha value is -2.73. The van der Waals surface area contributed by atoms with E-state index in [1.54, 1.807) is 13.8 Å². The fourth-order valence-electron chi connectivity index (χ4n) is 2.27. The molecule has 0 aliphatic carbocycles. The van der Waals surface area contributed by atoms with Gasteiger partial charge in [-0.25, -0.2) is 0 Å². The minimum atomic E-state index is -1.28. The number of nitrogens with one attached hydrogen (secondary N) is 3. The van der Waals surface area contributed by atoms with Crippen molar-refractivity contribution < 1.29 is 34.2 Å². The number of rotatable bonds is 13. The Kier molecular flexibility index (Phi) is 11.5. The summed E-state index contributed by atoms with van der Waals surface area (Å²) in [7, 11) is 0. The van der Waals surface area contributed by atoms with Gasteiger partial charge < -0.3 is 37.6 Å². The molecular weight excluding hydrogens is 386 g/mol. The highest BCUT2D eigenvalue weighted by Gasteiger charge is 2.32. The van der Waals surface area contributed by atoms with Gasteiger partial charge >= 0.3 is 5.97 Å². The fourth-order valence-corrected chi connectivity index (χ4v) is 2.27. The van der Waals surface area contributed by atoms with Crippen LogP contribution in [0, 0.1) is 5.92 Å². The van der Waals surface area contributed by atoms with Gasteiger partial charge in [0.25, 0.3) is 0 Å². The Morgan fingerprint density at radius 3 is 2.03 bits per heavy atom. The number of carboxylic acid groups (broad SMARTS) is 1. The summed E-state index contributed by atoms with van der Waals surface area (Å²) in [6, 6.07) is -3.55. The van der Waals surface area contributed by atoms with Crippen LogP contribution in [0.1, 0.15) is 40.0 Å². The zero-order valence-corrected chi connectivity index (χ0v) is 16.8. The number of aliphatic carboxylic acids is 1. The summed E-state index contributed by atoms with van der Waals surface area (Å²) in [6.07, 6.45) is -1.01. The Labute approximate surface area is 168 Å². The van der Waals surface area contributed by atoms with E-state index in [0.717, 1.165) is 0 Å². The first-order valence-electron chi connectivity index (χ1n) is 9.22. The lowest BCUT2D eigenvalue weighted by atomic mass is 9.97. The van der Waals surface area contributed by atoms with Gasteiger partial charge in [-0.1, -0.05) is 20.3 Å². The first-order chi connectivity index (χ1) is 13.4. The Morgan fingerprint density at radius 1 is 1.00 bits per heavy atom. The van der Waals surface area contributed by atoms with E-state index in [1.165, 1.54) is 6.92 Å². The van der Waals surface area contributed by atoms with Crippen LogP contribution >= 0.6 is 0 Å². The zero-order valence-electron chi connectivity index (χ0n) is 16.8. The van der Waals surface area contributed by atoms with Gasteiger partial charge in [-0.05, 0) is 19.3 Å². The molecule has 4 amide bonds. The average molecular weight is 417 g/mol. The summed E-state index contributed by atoms with van der Waals surface area (Å²) < 4.78 is 0. The number of carboxylic acids is 1. The molecule has 0 heterocycles. The quantitative estimate of drug-likeness (QED) is 0.165. The van der Waals surface area contributed by atoms with Gasteiger partial charge in [-0.15, -0.1) is 0 Å². The number of carbonyl (C=O) groups excluding carboxylic acids is 4. The second-order valence-corrected chi connectivity index (χ2v) is 6.82. The van der Waals surface area contributed by atoms with Gasteiger partial charge in [0, 0.05) is 6.42 Å². The van der Waals surface area contributed by atoms with E-state index >= 15 is 0 Å². The number of carbonyl (C=O) groups is 5. The van der Waals surface area contributed by atoms with Crippen LogP contribution in [0.3, 0.4) is 0 Å². The van der Waals surface area contributed by atoms with E-state index in [1.807, 2.05) is 0 Å². The van der Waals surface area contributed by atoms with Crippen molar-refractivity contribution in [2.75, 3.05) is 6.54 Å². The maximum Gasteiger partial charge on any atom is 0.322 e. The molecule has 29 heavy (non-hydrogen) atoms. The van der Waals surface area contributed by atoms with Crippen LogP contribution in [0.2, 0.25) is 0 Å². The lowest BCUT2D eigenvalue weighted by Crippen LogP contribution is -2.59. The molecule has 0 spiro atoms. The molecule has 0 aromatic carbocycles. The minimum absolute atomic E-state index is 0.152. The van der Waals surface area contributed by atoms with Crippen molar-refractivity contribution >= 4 is 29.6 Å². The van der Waals surface area contributed by atoms with Crippen LogP contribution in [-0.2, 0) is 24.0 Å². The molecule has 0 saturated heterocycles. The highest BCUT2D eigenvalue weighted by atomic mass is 16.4. The van der Waals surface area contributed by atoms with Crippen molar-refractivity contribution in [3.63, 3.8) is 0 Å². The predicted octanol–water partition coefficient (Wildman–Crippen LogP) is -2.82. The number of primary amides is 1. The van der Waals surface area contributed by atoms with E-state index < -0.39 is 60.4 Å². The van der Waals surface area contributed by atoms with Gasteiger partial charge in [0.1, 0.15) is 24.7 Å². The number of aliphatic hydroxyl groups excluding tert-OH is 1. The topological polar surface area (TPSA) is 214 Å². The average Bonchev–Trinajstić information content (AvgIpc) is 2.65. The first kappa shape index (κ1) is 26.3. The second-order valence-electron chi connectivity index (χ2n) is 6.82. The van der Waals surface area contributed by atoms with Crippen molar-refractivity contribution in [2.45, 2.75) is 64.3 Å². The number of hydrogen-bond acceptors (Lipinski definition) is 7. The minimum Gasteiger partial charge on any atom is -0.480 e. The normalized spacial score (nSPS) is 15.9. The molecule has 0 aromatic heterocycles. The highest BCUT2D eigenvalue weighted by Crippen LogP contribution is 2.10. The summed E-state index contributed by atoms with van der Waals surface area (Å²) in [5.41, 5.74) is 10.7. The van der Waals surface area contributed by atoms with Gasteiger partial charge in [0.05, 0.1) is 6.10 Å². The Bertz CT molecular complexity index is 611. The molecule has 9 N–H and O–H groups in total. The lowest BCUT2D eigenvalue weighted by molar-refractivity contribution is -0.139. The first-order valence-corrected chi connectivity index (χ1v) is 9.22. The number of amides is 4. The Balaban J connectivity index is 5.36. The SMILES string of the molecule is CCC(C)C(NC(=O)C(N)C(C)O)C(=O)NC(CCC(N)=O)C(=O)NCC(=O)O. The molecule has 5 unspecified atom stereocenters. The van der Waals surface area contributed by atoms with Crippen molar-refractivity contribution in [3.05, 3.63) is 0 Å². The van der Waals surface area contributed by atoms with Gasteiger partial charge in [-0.2, -0.15) is 0 Å². The fraction of sp³-hybridized carbons (Fsp3) is 0.706. The van der Waals surface area contributed by atoms with Crippen molar-refractivity contribution in [3.8, 4) is 0 Å². The maximum absolute atomic E-state index is 12.7. The number of nitrogens with two attached hydrogens (primary N) is 2. The highest BCUT2D eigenvalue weighted by molar-refractivity contribution is 5.94.